The van der Waals surface area contributed by atoms with Crippen LogP contribution in [0.1, 0.15) is 23.4 Å². The number of hydrogen-bond donors (Lipinski definition) is 2. The van der Waals surface area contributed by atoms with Crippen molar-refractivity contribution in [2.24, 2.45) is 4.99 Å². The van der Waals surface area contributed by atoms with Crippen molar-refractivity contribution in [3.63, 3.8) is 0 Å². The molecule has 0 bridgehead atoms. The Morgan fingerprint density at radius 2 is 1.96 bits per heavy atom. The highest BCUT2D eigenvalue weighted by Crippen LogP contribution is 2.14. The maximum atomic E-state index is 13.5. The van der Waals surface area contributed by atoms with E-state index in [-0.39, 0.29) is 29.8 Å². The predicted molar refractivity (Wildman–Crippen MR) is 124 cm³/mol. The molecule has 1 aromatic heterocycles. The van der Waals surface area contributed by atoms with Crippen LogP contribution in [0.2, 0.25) is 0 Å². The molecule has 150 valence electrons. The van der Waals surface area contributed by atoms with Crippen LogP contribution in [0, 0.1) is 19.7 Å². The molecule has 0 aliphatic carbocycles. The van der Waals surface area contributed by atoms with Crippen molar-refractivity contribution in [2.45, 2.75) is 32.6 Å². The number of aliphatic imine (C=N–C) groups is 1. The van der Waals surface area contributed by atoms with E-state index in [1.54, 1.807) is 24.9 Å². The van der Waals surface area contributed by atoms with Gasteiger partial charge in [0.05, 0.1) is 5.69 Å². The Labute approximate surface area is 182 Å². The maximum Gasteiger partial charge on any atom is 0.191 e. The minimum Gasteiger partial charge on any atom is -0.356 e. The normalized spacial score (nSPS) is 11.2. The van der Waals surface area contributed by atoms with E-state index in [1.165, 1.54) is 11.8 Å². The van der Waals surface area contributed by atoms with Crippen LogP contribution in [-0.4, -0.2) is 41.6 Å². The van der Waals surface area contributed by atoms with E-state index in [4.69, 9.17) is 0 Å². The summed E-state index contributed by atoms with van der Waals surface area (Å²) >= 11 is 1.71. The zero-order valence-corrected chi connectivity index (χ0v) is 19.3. The van der Waals surface area contributed by atoms with Crippen molar-refractivity contribution >= 4 is 41.7 Å². The van der Waals surface area contributed by atoms with Crippen molar-refractivity contribution in [3.05, 3.63) is 53.1 Å². The summed E-state index contributed by atoms with van der Waals surface area (Å²) in [4.78, 5) is 4.23. The number of guanidine groups is 1. The molecule has 1 aromatic carbocycles. The average Bonchev–Trinajstić information content (AvgIpc) is 2.95. The van der Waals surface area contributed by atoms with E-state index < -0.39 is 0 Å². The van der Waals surface area contributed by atoms with Gasteiger partial charge in [0, 0.05) is 43.9 Å². The van der Waals surface area contributed by atoms with Crippen molar-refractivity contribution in [1.29, 1.82) is 0 Å². The number of hydrogen-bond acceptors (Lipinski definition) is 3. The standard InChI is InChI=1S/C19H28FN5S.HI/c1-15-13-16(2)25(24-15)11-6-9-22-19(21-3)23-10-12-26-14-17-7-4-5-8-18(17)20;/h4-5,7-8,13H,6,9-12,14H2,1-3H3,(H2,21,22,23);1H. The second-order valence-corrected chi connectivity index (χ2v) is 7.18. The summed E-state index contributed by atoms with van der Waals surface area (Å²) in [6.07, 6.45) is 0.977. The van der Waals surface area contributed by atoms with Gasteiger partial charge < -0.3 is 10.6 Å². The van der Waals surface area contributed by atoms with Crippen LogP contribution in [0.15, 0.2) is 35.3 Å². The molecule has 5 nitrogen and oxygen atoms in total. The van der Waals surface area contributed by atoms with Gasteiger partial charge in [0.25, 0.3) is 0 Å². The number of halogens is 2. The van der Waals surface area contributed by atoms with E-state index in [0.29, 0.717) is 5.75 Å². The molecule has 2 aromatic rings. The fraction of sp³-hybridized carbons (Fsp3) is 0.474. The minimum absolute atomic E-state index is 0. The number of rotatable bonds is 9. The summed E-state index contributed by atoms with van der Waals surface area (Å²) in [6.45, 7) is 6.60. The molecule has 0 unspecified atom stereocenters. The summed E-state index contributed by atoms with van der Waals surface area (Å²) < 4.78 is 15.6. The zero-order chi connectivity index (χ0) is 18.8. The third kappa shape index (κ3) is 8.50. The van der Waals surface area contributed by atoms with Gasteiger partial charge in [-0.1, -0.05) is 18.2 Å². The summed E-state index contributed by atoms with van der Waals surface area (Å²) in [5.41, 5.74) is 3.00. The molecule has 27 heavy (non-hydrogen) atoms. The van der Waals surface area contributed by atoms with Gasteiger partial charge in [-0.05, 0) is 38.0 Å². The van der Waals surface area contributed by atoms with Gasteiger partial charge in [0.2, 0.25) is 0 Å². The first kappa shape index (κ1) is 23.7. The molecule has 0 fully saturated rings. The molecule has 0 aliphatic heterocycles. The number of nitrogens with one attached hydrogen (secondary N) is 2. The van der Waals surface area contributed by atoms with Gasteiger partial charge in [-0.3, -0.25) is 9.67 Å². The van der Waals surface area contributed by atoms with Crippen LogP contribution in [-0.2, 0) is 12.3 Å². The lowest BCUT2D eigenvalue weighted by Crippen LogP contribution is -2.39. The number of benzene rings is 1. The smallest absolute Gasteiger partial charge is 0.191 e. The van der Waals surface area contributed by atoms with Crippen molar-refractivity contribution in [3.8, 4) is 0 Å². The molecular weight excluding hydrogens is 476 g/mol. The van der Waals surface area contributed by atoms with E-state index in [1.807, 2.05) is 23.7 Å². The Kier molecular flexibility index (Phi) is 11.4. The first-order chi connectivity index (χ1) is 12.6. The summed E-state index contributed by atoms with van der Waals surface area (Å²) in [5, 5.41) is 11.1. The van der Waals surface area contributed by atoms with E-state index in [0.717, 1.165) is 49.0 Å². The van der Waals surface area contributed by atoms with Crippen LogP contribution < -0.4 is 10.6 Å². The number of thioether (sulfide) groups is 1. The van der Waals surface area contributed by atoms with Gasteiger partial charge in [-0.25, -0.2) is 4.39 Å². The first-order valence-corrected chi connectivity index (χ1v) is 10.0. The summed E-state index contributed by atoms with van der Waals surface area (Å²) in [5.74, 6) is 2.24. The Morgan fingerprint density at radius 1 is 1.22 bits per heavy atom. The molecule has 8 heteroatoms. The van der Waals surface area contributed by atoms with Crippen molar-refractivity contribution in [1.82, 2.24) is 20.4 Å². The Hall–Kier alpha value is -1.29. The highest BCUT2D eigenvalue weighted by Gasteiger charge is 2.02. The van der Waals surface area contributed by atoms with Gasteiger partial charge >= 0.3 is 0 Å². The van der Waals surface area contributed by atoms with Crippen molar-refractivity contribution < 1.29 is 4.39 Å². The largest absolute Gasteiger partial charge is 0.356 e. The van der Waals surface area contributed by atoms with Crippen LogP contribution in [0.4, 0.5) is 4.39 Å². The van der Waals surface area contributed by atoms with Crippen LogP contribution in [0.5, 0.6) is 0 Å². The molecule has 0 aliphatic rings. The van der Waals surface area contributed by atoms with Gasteiger partial charge in [0.15, 0.2) is 5.96 Å². The van der Waals surface area contributed by atoms with Crippen LogP contribution in [0.3, 0.4) is 0 Å². The number of aryl methyl sites for hydroxylation is 3. The third-order valence-electron chi connectivity index (χ3n) is 3.92. The lowest BCUT2D eigenvalue weighted by molar-refractivity contribution is 0.555. The Balaban J connectivity index is 0.00000364. The zero-order valence-electron chi connectivity index (χ0n) is 16.2. The molecule has 0 spiro atoms. The third-order valence-corrected chi connectivity index (χ3v) is 4.93. The highest BCUT2D eigenvalue weighted by molar-refractivity contribution is 14.0. The lowest BCUT2D eigenvalue weighted by atomic mass is 10.2. The van der Waals surface area contributed by atoms with E-state index in [9.17, 15) is 4.39 Å². The van der Waals surface area contributed by atoms with Gasteiger partial charge in [-0.15, -0.1) is 24.0 Å². The molecule has 2 rings (SSSR count). The molecule has 1 heterocycles. The summed E-state index contributed by atoms with van der Waals surface area (Å²) in [6, 6.07) is 9.02. The molecule has 0 saturated carbocycles. The molecule has 0 amide bonds. The molecule has 0 radical (unpaired) electrons. The second kappa shape index (κ2) is 13.0. The Bertz CT molecular complexity index is 720. The lowest BCUT2D eigenvalue weighted by Gasteiger charge is -2.12. The first-order valence-electron chi connectivity index (χ1n) is 8.87. The molecule has 2 N–H and O–H groups in total. The molecule has 0 saturated heterocycles. The topological polar surface area (TPSA) is 54.2 Å². The monoisotopic (exact) mass is 505 g/mol. The van der Waals surface area contributed by atoms with Crippen molar-refractivity contribution in [2.75, 3.05) is 25.9 Å². The number of aromatic nitrogens is 2. The van der Waals surface area contributed by atoms with E-state index in [2.05, 4.69) is 33.7 Å². The van der Waals surface area contributed by atoms with E-state index >= 15 is 0 Å². The Morgan fingerprint density at radius 3 is 2.63 bits per heavy atom. The van der Waals surface area contributed by atoms with Gasteiger partial charge in [-0.2, -0.15) is 16.9 Å². The fourth-order valence-electron chi connectivity index (χ4n) is 2.60. The summed E-state index contributed by atoms with van der Waals surface area (Å²) in [7, 11) is 1.77. The fourth-order valence-corrected chi connectivity index (χ4v) is 3.44. The minimum atomic E-state index is -0.131. The molecule has 0 atom stereocenters. The molecular formula is C19H29FIN5S. The average molecular weight is 505 g/mol. The second-order valence-electron chi connectivity index (χ2n) is 6.07. The quantitative estimate of drug-likeness (QED) is 0.236. The van der Waals surface area contributed by atoms with Crippen LogP contribution in [0.25, 0.3) is 0 Å². The predicted octanol–water partition coefficient (Wildman–Crippen LogP) is 3.75. The highest BCUT2D eigenvalue weighted by atomic mass is 127. The van der Waals surface area contributed by atoms with Crippen LogP contribution >= 0.6 is 35.7 Å². The van der Waals surface area contributed by atoms with Gasteiger partial charge in [0.1, 0.15) is 5.82 Å². The maximum absolute atomic E-state index is 13.5. The SMILES string of the molecule is CN=C(NCCCn1nc(C)cc1C)NCCSCc1ccccc1F.I. The number of nitrogens with zero attached hydrogens (tertiary/aromatic N) is 3.